The second-order valence-corrected chi connectivity index (χ2v) is 5.67. The summed E-state index contributed by atoms with van der Waals surface area (Å²) in [5, 5.41) is 2.71. The van der Waals surface area contributed by atoms with E-state index < -0.39 is 0 Å². The van der Waals surface area contributed by atoms with Crippen LogP contribution in [0, 0.1) is 0 Å². The van der Waals surface area contributed by atoms with E-state index >= 15 is 0 Å². The number of carbonyl (C=O) groups excluding carboxylic acids is 1. The molecule has 2 nitrogen and oxygen atoms in total. The van der Waals surface area contributed by atoms with Crippen LogP contribution in [0.25, 0.3) is 0 Å². The lowest BCUT2D eigenvalue weighted by Gasteiger charge is -2.03. The average Bonchev–Trinajstić information content (AvgIpc) is 2.43. The Morgan fingerprint density at radius 1 is 0.632 bits per heavy atom. The van der Waals surface area contributed by atoms with Crippen LogP contribution in [0.5, 0.6) is 0 Å². The summed E-state index contributed by atoms with van der Waals surface area (Å²) in [5.41, 5.74) is 0. The molecule has 0 atom stereocenters. The zero-order chi connectivity index (χ0) is 14.0. The van der Waals surface area contributed by atoms with Gasteiger partial charge in [0.15, 0.2) is 0 Å². The number of hydrogen-bond acceptors (Lipinski definition) is 1. The van der Waals surface area contributed by atoms with E-state index in [9.17, 15) is 4.79 Å². The largest absolute Gasteiger partial charge is 0.359 e. The predicted octanol–water partition coefficient (Wildman–Crippen LogP) is 5.21. The van der Waals surface area contributed by atoms with Gasteiger partial charge >= 0.3 is 0 Å². The lowest BCUT2D eigenvalue weighted by atomic mass is 10.0. The first-order valence-electron chi connectivity index (χ1n) is 8.59. The molecule has 0 aliphatic carbocycles. The van der Waals surface area contributed by atoms with Crippen molar-refractivity contribution < 1.29 is 4.79 Å². The van der Waals surface area contributed by atoms with Crippen molar-refractivity contribution in [3.05, 3.63) is 0 Å². The van der Waals surface area contributed by atoms with Crippen molar-refractivity contribution in [2.45, 2.75) is 96.8 Å². The fraction of sp³-hybridized carbons (Fsp3) is 0.941. The lowest BCUT2D eigenvalue weighted by molar-refractivity contribution is -0.109. The van der Waals surface area contributed by atoms with Crippen molar-refractivity contribution >= 4 is 6.41 Å². The summed E-state index contributed by atoms with van der Waals surface area (Å²) in [4.78, 5) is 10.0. The Labute approximate surface area is 120 Å². The molecule has 0 aromatic carbocycles. The lowest BCUT2D eigenvalue weighted by Crippen LogP contribution is -2.11. The Hall–Kier alpha value is -0.530. The van der Waals surface area contributed by atoms with Gasteiger partial charge in [0.25, 0.3) is 0 Å². The van der Waals surface area contributed by atoms with Crippen LogP contribution in [0.3, 0.4) is 0 Å². The summed E-state index contributed by atoms with van der Waals surface area (Å²) < 4.78 is 0. The van der Waals surface area contributed by atoms with E-state index in [2.05, 4.69) is 12.2 Å². The Balaban J connectivity index is 2.89. The van der Waals surface area contributed by atoms with E-state index in [1.807, 2.05) is 0 Å². The van der Waals surface area contributed by atoms with Gasteiger partial charge in [-0.1, -0.05) is 90.4 Å². The molecule has 2 heteroatoms. The molecule has 19 heavy (non-hydrogen) atoms. The number of rotatable bonds is 16. The van der Waals surface area contributed by atoms with Gasteiger partial charge in [-0.2, -0.15) is 0 Å². The highest BCUT2D eigenvalue weighted by Gasteiger charge is 1.93. The zero-order valence-electron chi connectivity index (χ0n) is 13.1. The number of unbranched alkanes of at least 4 members (excludes halogenated alkanes) is 13. The van der Waals surface area contributed by atoms with Crippen LogP contribution in [0.2, 0.25) is 0 Å². The Morgan fingerprint density at radius 3 is 1.37 bits per heavy atom. The Kier molecular flexibility index (Phi) is 17.0. The third kappa shape index (κ3) is 17.5. The van der Waals surface area contributed by atoms with Crippen molar-refractivity contribution in [3.8, 4) is 0 Å². The molecular weight excluding hydrogens is 234 g/mol. The van der Waals surface area contributed by atoms with Crippen LogP contribution < -0.4 is 5.32 Å². The summed E-state index contributed by atoms with van der Waals surface area (Å²) in [5.74, 6) is 0. The first kappa shape index (κ1) is 18.5. The summed E-state index contributed by atoms with van der Waals surface area (Å²) in [6.45, 7) is 3.13. The Bertz CT molecular complexity index is 171. The standard InChI is InChI=1S/C17H35NO/c1-2-3-4-5-6-7-8-9-10-11-12-13-14-15-16-18-17-19/h17H,2-16H2,1H3,(H,18,19). The van der Waals surface area contributed by atoms with Crippen molar-refractivity contribution in [2.24, 2.45) is 0 Å². The number of nitrogens with one attached hydrogen (secondary N) is 1. The number of hydrogen-bond donors (Lipinski definition) is 1. The van der Waals surface area contributed by atoms with Crippen molar-refractivity contribution in [2.75, 3.05) is 6.54 Å². The minimum atomic E-state index is 0.794. The molecular formula is C17H35NO. The number of amides is 1. The highest BCUT2D eigenvalue weighted by molar-refractivity contribution is 5.45. The van der Waals surface area contributed by atoms with E-state index in [-0.39, 0.29) is 0 Å². The van der Waals surface area contributed by atoms with Crippen LogP contribution >= 0.6 is 0 Å². The summed E-state index contributed by atoms with van der Waals surface area (Å²) in [6.07, 6.45) is 20.1. The molecule has 114 valence electrons. The second kappa shape index (κ2) is 17.5. The summed E-state index contributed by atoms with van der Waals surface area (Å²) in [7, 11) is 0. The van der Waals surface area contributed by atoms with Crippen LogP contribution in [0.15, 0.2) is 0 Å². The number of carbonyl (C=O) groups is 1. The molecule has 0 saturated heterocycles. The van der Waals surface area contributed by atoms with Gasteiger partial charge in [0, 0.05) is 6.54 Å². The first-order valence-corrected chi connectivity index (χ1v) is 8.59. The van der Waals surface area contributed by atoms with Crippen LogP contribution in [0.1, 0.15) is 96.8 Å². The van der Waals surface area contributed by atoms with Crippen molar-refractivity contribution in [3.63, 3.8) is 0 Å². The molecule has 0 radical (unpaired) electrons. The van der Waals surface area contributed by atoms with E-state index in [1.54, 1.807) is 0 Å². The van der Waals surface area contributed by atoms with Gasteiger partial charge in [0.1, 0.15) is 0 Å². The van der Waals surface area contributed by atoms with Gasteiger partial charge in [0.05, 0.1) is 0 Å². The first-order chi connectivity index (χ1) is 9.41. The van der Waals surface area contributed by atoms with Crippen LogP contribution in [-0.2, 0) is 4.79 Å². The fourth-order valence-corrected chi connectivity index (χ4v) is 2.48. The smallest absolute Gasteiger partial charge is 0.207 e. The normalized spacial score (nSPS) is 10.6. The molecule has 0 aromatic rings. The SMILES string of the molecule is CCCCCCCCCCCCCCCCNC=O. The molecule has 0 bridgehead atoms. The average molecular weight is 269 g/mol. The van der Waals surface area contributed by atoms with E-state index in [1.165, 1.54) is 83.5 Å². The van der Waals surface area contributed by atoms with Gasteiger partial charge in [-0.3, -0.25) is 4.79 Å². The monoisotopic (exact) mass is 269 g/mol. The third-order valence-electron chi connectivity index (χ3n) is 3.76. The van der Waals surface area contributed by atoms with Crippen molar-refractivity contribution in [1.29, 1.82) is 0 Å². The Morgan fingerprint density at radius 2 is 1.00 bits per heavy atom. The molecule has 1 N–H and O–H groups in total. The zero-order valence-corrected chi connectivity index (χ0v) is 13.1. The third-order valence-corrected chi connectivity index (χ3v) is 3.76. The fourth-order valence-electron chi connectivity index (χ4n) is 2.48. The van der Waals surface area contributed by atoms with Gasteiger partial charge in [-0.25, -0.2) is 0 Å². The van der Waals surface area contributed by atoms with Gasteiger partial charge in [0.2, 0.25) is 6.41 Å². The molecule has 0 spiro atoms. The molecule has 0 unspecified atom stereocenters. The highest BCUT2D eigenvalue weighted by Crippen LogP contribution is 2.12. The molecule has 0 heterocycles. The molecule has 1 amide bonds. The predicted molar refractivity (Wildman–Crippen MR) is 84.4 cm³/mol. The van der Waals surface area contributed by atoms with E-state index in [4.69, 9.17) is 0 Å². The quantitative estimate of drug-likeness (QED) is 0.302. The molecule has 0 rings (SSSR count). The molecule has 0 aromatic heterocycles. The summed E-state index contributed by atoms with van der Waals surface area (Å²) in [6, 6.07) is 0. The second-order valence-electron chi connectivity index (χ2n) is 5.67. The van der Waals surface area contributed by atoms with Crippen LogP contribution in [-0.4, -0.2) is 13.0 Å². The molecule has 0 aliphatic rings. The molecule has 0 saturated carbocycles. The van der Waals surface area contributed by atoms with E-state index in [0.29, 0.717) is 0 Å². The molecule has 0 aliphatic heterocycles. The minimum absolute atomic E-state index is 0.794. The van der Waals surface area contributed by atoms with E-state index in [0.717, 1.165) is 19.4 Å². The maximum atomic E-state index is 10.0. The summed E-state index contributed by atoms with van der Waals surface area (Å²) >= 11 is 0. The van der Waals surface area contributed by atoms with Gasteiger partial charge < -0.3 is 5.32 Å². The maximum absolute atomic E-state index is 10.0. The van der Waals surface area contributed by atoms with Gasteiger partial charge in [-0.05, 0) is 6.42 Å². The molecule has 0 fully saturated rings. The van der Waals surface area contributed by atoms with Gasteiger partial charge in [-0.15, -0.1) is 0 Å². The minimum Gasteiger partial charge on any atom is -0.359 e. The topological polar surface area (TPSA) is 29.1 Å². The van der Waals surface area contributed by atoms with Crippen molar-refractivity contribution in [1.82, 2.24) is 5.32 Å². The highest BCUT2D eigenvalue weighted by atomic mass is 16.1. The van der Waals surface area contributed by atoms with Crippen LogP contribution in [0.4, 0.5) is 0 Å². The maximum Gasteiger partial charge on any atom is 0.207 e.